The van der Waals surface area contributed by atoms with Crippen molar-refractivity contribution in [3.63, 3.8) is 0 Å². The first-order valence-electron chi connectivity index (χ1n) is 11.5. The average Bonchev–Trinajstić information content (AvgIpc) is 3.34. The first-order valence-corrected chi connectivity index (χ1v) is 11.5. The highest BCUT2D eigenvalue weighted by molar-refractivity contribution is 6.00. The summed E-state index contributed by atoms with van der Waals surface area (Å²) in [6.07, 6.45) is 0.183. The molecule has 0 aliphatic carbocycles. The van der Waals surface area contributed by atoms with Gasteiger partial charge in [-0.3, -0.25) is 4.79 Å². The van der Waals surface area contributed by atoms with Gasteiger partial charge in [-0.2, -0.15) is 0 Å². The van der Waals surface area contributed by atoms with Crippen molar-refractivity contribution in [2.45, 2.75) is 31.2 Å². The van der Waals surface area contributed by atoms with E-state index in [2.05, 4.69) is 15.3 Å². The van der Waals surface area contributed by atoms with Gasteiger partial charge in [0.1, 0.15) is 12.4 Å². The van der Waals surface area contributed by atoms with Crippen LogP contribution in [0.15, 0.2) is 58.6 Å². The number of hydrogen-bond acceptors (Lipinski definition) is 8. The number of amides is 1. The zero-order valence-corrected chi connectivity index (χ0v) is 20.4. The lowest BCUT2D eigenvalue weighted by molar-refractivity contribution is -0.132. The van der Waals surface area contributed by atoms with Crippen LogP contribution in [-0.2, 0) is 32.0 Å². The van der Waals surface area contributed by atoms with Crippen LogP contribution in [-0.4, -0.2) is 69.3 Å². The number of nitrogens with zero attached hydrogens (tertiary/aromatic N) is 4. The van der Waals surface area contributed by atoms with Crippen molar-refractivity contribution in [2.75, 3.05) is 40.6 Å². The maximum absolute atomic E-state index is 13.5. The first-order chi connectivity index (χ1) is 17.5. The van der Waals surface area contributed by atoms with E-state index in [1.54, 1.807) is 12.1 Å². The van der Waals surface area contributed by atoms with Gasteiger partial charge >= 0.3 is 0 Å². The summed E-state index contributed by atoms with van der Waals surface area (Å²) in [5.74, 6) is 0.667. The minimum Gasteiger partial charge on any atom is -0.494 e. The summed E-state index contributed by atoms with van der Waals surface area (Å²) < 4.78 is 21.9. The number of ether oxygens (including phenoxy) is 4. The van der Waals surface area contributed by atoms with Crippen molar-refractivity contribution in [1.29, 1.82) is 0 Å². The molecule has 2 aromatic rings. The van der Waals surface area contributed by atoms with E-state index >= 15 is 0 Å². The van der Waals surface area contributed by atoms with Gasteiger partial charge in [-0.15, -0.1) is 0 Å². The molecule has 192 valence electrons. The summed E-state index contributed by atoms with van der Waals surface area (Å²) in [6, 6.07) is 14.6. The van der Waals surface area contributed by atoms with E-state index in [9.17, 15) is 4.79 Å². The SMILES string of the molecule is COC(CNC(=O)[C@@]1(Cc2ccccc2CN=[N+]=[N-])COC(c2ccc(OCCCO)cc2)=N1)OC. The zero-order valence-electron chi connectivity index (χ0n) is 20.4. The van der Waals surface area contributed by atoms with Crippen LogP contribution < -0.4 is 10.1 Å². The number of methoxy groups -OCH3 is 2. The monoisotopic (exact) mass is 497 g/mol. The number of carbonyl (C=O) groups excluding carboxylic acids is 1. The minimum absolute atomic E-state index is 0.0312. The van der Waals surface area contributed by atoms with E-state index in [4.69, 9.17) is 34.6 Å². The lowest BCUT2D eigenvalue weighted by Crippen LogP contribution is -2.50. The molecular formula is C25H31N5O6. The highest BCUT2D eigenvalue weighted by Crippen LogP contribution is 2.29. The Kier molecular flexibility index (Phi) is 10.1. The molecule has 3 rings (SSSR count). The third kappa shape index (κ3) is 6.96. The molecule has 1 heterocycles. The second kappa shape index (κ2) is 13.5. The summed E-state index contributed by atoms with van der Waals surface area (Å²) in [7, 11) is 2.99. The summed E-state index contributed by atoms with van der Waals surface area (Å²) in [5.41, 5.74) is 9.85. The van der Waals surface area contributed by atoms with Crippen molar-refractivity contribution in [3.05, 3.63) is 75.7 Å². The lowest BCUT2D eigenvalue weighted by Gasteiger charge is -2.25. The number of aliphatic hydroxyl groups is 1. The van der Waals surface area contributed by atoms with Crippen molar-refractivity contribution >= 4 is 11.8 Å². The van der Waals surface area contributed by atoms with E-state index in [1.807, 2.05) is 36.4 Å². The lowest BCUT2D eigenvalue weighted by atomic mass is 9.89. The van der Waals surface area contributed by atoms with E-state index in [0.717, 1.165) is 11.1 Å². The van der Waals surface area contributed by atoms with Gasteiger partial charge < -0.3 is 29.4 Å². The fourth-order valence-corrected chi connectivity index (χ4v) is 3.74. The van der Waals surface area contributed by atoms with Crippen LogP contribution in [0.5, 0.6) is 5.75 Å². The Hall–Kier alpha value is -3.63. The van der Waals surface area contributed by atoms with Crippen LogP contribution in [0.25, 0.3) is 10.4 Å². The molecule has 0 fully saturated rings. The second-order valence-electron chi connectivity index (χ2n) is 8.13. The first kappa shape index (κ1) is 27.0. The van der Waals surface area contributed by atoms with E-state index in [0.29, 0.717) is 30.2 Å². The number of carbonyl (C=O) groups is 1. The van der Waals surface area contributed by atoms with E-state index < -0.39 is 11.8 Å². The standard InChI is InChI=1S/C25H31N5O6/c1-33-22(34-2)16-27-24(32)25(14-19-6-3-4-7-20(19)15-28-30-26)17-36-23(29-25)18-8-10-21(11-9-18)35-13-5-12-31/h3-4,6-11,22,31H,5,12-17H2,1-2H3,(H,27,32)/t25-/m1/s1. The summed E-state index contributed by atoms with van der Waals surface area (Å²) in [4.78, 5) is 21.1. The highest BCUT2D eigenvalue weighted by Gasteiger charge is 2.45. The van der Waals surface area contributed by atoms with Gasteiger partial charge in [0, 0.05) is 44.1 Å². The molecule has 11 nitrogen and oxygen atoms in total. The molecule has 0 saturated heterocycles. The predicted molar refractivity (Wildman–Crippen MR) is 133 cm³/mol. The Bertz CT molecular complexity index is 1080. The molecule has 0 unspecified atom stereocenters. The number of rotatable bonds is 14. The van der Waals surface area contributed by atoms with Crippen LogP contribution in [0.3, 0.4) is 0 Å². The van der Waals surface area contributed by atoms with Gasteiger partial charge in [0.05, 0.1) is 19.7 Å². The number of hydrogen-bond donors (Lipinski definition) is 2. The van der Waals surface area contributed by atoms with Gasteiger partial charge in [0.2, 0.25) is 5.90 Å². The predicted octanol–water partition coefficient (Wildman–Crippen LogP) is 2.75. The van der Waals surface area contributed by atoms with Gasteiger partial charge in [0.15, 0.2) is 11.8 Å². The quantitative estimate of drug-likeness (QED) is 0.135. The van der Waals surface area contributed by atoms with E-state index in [-0.39, 0.29) is 38.6 Å². The van der Waals surface area contributed by atoms with Crippen molar-refractivity contribution in [1.82, 2.24) is 5.32 Å². The molecule has 0 bridgehead atoms. The molecule has 0 spiro atoms. The molecule has 2 N–H and O–H groups in total. The Labute approximate surface area is 209 Å². The summed E-state index contributed by atoms with van der Waals surface area (Å²) in [6.45, 7) is 0.807. The van der Waals surface area contributed by atoms with Crippen LogP contribution in [0.2, 0.25) is 0 Å². The average molecular weight is 498 g/mol. The molecule has 0 saturated carbocycles. The number of benzene rings is 2. The van der Waals surface area contributed by atoms with E-state index in [1.165, 1.54) is 14.2 Å². The van der Waals surface area contributed by atoms with Crippen LogP contribution in [0.1, 0.15) is 23.1 Å². The third-order valence-corrected chi connectivity index (χ3v) is 5.72. The van der Waals surface area contributed by atoms with Crippen LogP contribution in [0.4, 0.5) is 0 Å². The number of nitrogens with one attached hydrogen (secondary N) is 1. The Morgan fingerprint density at radius 1 is 1.22 bits per heavy atom. The maximum atomic E-state index is 13.5. The molecule has 0 radical (unpaired) electrons. The largest absolute Gasteiger partial charge is 0.494 e. The molecular weight excluding hydrogens is 466 g/mol. The van der Waals surface area contributed by atoms with Gasteiger partial charge in [-0.25, -0.2) is 4.99 Å². The molecule has 1 atom stereocenters. The molecule has 11 heteroatoms. The second-order valence-corrected chi connectivity index (χ2v) is 8.13. The highest BCUT2D eigenvalue weighted by atomic mass is 16.7. The Morgan fingerprint density at radius 2 is 1.94 bits per heavy atom. The van der Waals surface area contributed by atoms with Crippen LogP contribution >= 0.6 is 0 Å². The van der Waals surface area contributed by atoms with Crippen molar-refractivity contribution in [3.8, 4) is 5.75 Å². The summed E-state index contributed by atoms with van der Waals surface area (Å²) >= 11 is 0. The molecule has 36 heavy (non-hydrogen) atoms. The minimum atomic E-state index is -1.25. The third-order valence-electron chi connectivity index (χ3n) is 5.72. The fourth-order valence-electron chi connectivity index (χ4n) is 3.74. The number of aliphatic imine (C=N–C) groups is 1. The summed E-state index contributed by atoms with van der Waals surface area (Å²) in [5, 5.41) is 15.4. The maximum Gasteiger partial charge on any atom is 0.252 e. The van der Waals surface area contributed by atoms with Gasteiger partial charge in [-0.05, 0) is 40.9 Å². The fraction of sp³-hybridized carbons (Fsp3) is 0.440. The topological polar surface area (TPSA) is 147 Å². The molecule has 2 aromatic carbocycles. The zero-order chi connectivity index (χ0) is 25.8. The van der Waals surface area contributed by atoms with Gasteiger partial charge in [-0.1, -0.05) is 29.4 Å². The normalized spacial score (nSPS) is 16.7. The molecule has 0 aromatic heterocycles. The molecule has 1 aliphatic rings. The van der Waals surface area contributed by atoms with Crippen molar-refractivity contribution < 1.29 is 28.8 Å². The Balaban J connectivity index is 1.88. The van der Waals surface area contributed by atoms with Crippen molar-refractivity contribution in [2.24, 2.45) is 10.1 Å². The number of azide groups is 1. The van der Waals surface area contributed by atoms with Crippen LogP contribution in [0, 0.1) is 0 Å². The Morgan fingerprint density at radius 3 is 2.61 bits per heavy atom. The molecule has 1 aliphatic heterocycles. The smallest absolute Gasteiger partial charge is 0.252 e. The van der Waals surface area contributed by atoms with Gasteiger partial charge in [0.25, 0.3) is 5.91 Å². The number of aliphatic hydroxyl groups excluding tert-OH is 1. The molecule has 1 amide bonds.